The Balaban J connectivity index is 1.30. The number of carbonyl (C=O) groups excluding carboxylic acids is 1. The number of morpholine rings is 1. The average Bonchev–Trinajstić information content (AvgIpc) is 3.24. The summed E-state index contributed by atoms with van der Waals surface area (Å²) in [6.07, 6.45) is 3.49. The number of carbonyl (C=O) groups is 1. The SMILES string of the molecule is O=C(Nc1ccccc1CN1CCOCC1)C1CCN(Cc2ccco2)CC1. The van der Waals surface area contributed by atoms with Crippen molar-refractivity contribution in [2.24, 2.45) is 5.92 Å². The summed E-state index contributed by atoms with van der Waals surface area (Å²) in [5.41, 5.74) is 2.12. The van der Waals surface area contributed by atoms with Crippen LogP contribution >= 0.6 is 0 Å². The number of piperidine rings is 1. The van der Waals surface area contributed by atoms with Crippen molar-refractivity contribution < 1.29 is 13.9 Å². The Kier molecular flexibility index (Phi) is 6.41. The molecule has 1 aromatic carbocycles. The van der Waals surface area contributed by atoms with Crippen molar-refractivity contribution in [2.75, 3.05) is 44.7 Å². The van der Waals surface area contributed by atoms with E-state index in [2.05, 4.69) is 21.2 Å². The molecular weight excluding hydrogens is 354 g/mol. The van der Waals surface area contributed by atoms with Crippen molar-refractivity contribution in [3.8, 4) is 0 Å². The van der Waals surface area contributed by atoms with Gasteiger partial charge < -0.3 is 14.5 Å². The number of furan rings is 1. The largest absolute Gasteiger partial charge is 0.468 e. The van der Waals surface area contributed by atoms with Crippen LogP contribution in [0.25, 0.3) is 0 Å². The molecule has 2 fully saturated rings. The topological polar surface area (TPSA) is 58.0 Å². The highest BCUT2D eigenvalue weighted by Crippen LogP contribution is 2.23. The van der Waals surface area contributed by atoms with E-state index in [1.165, 1.54) is 5.56 Å². The van der Waals surface area contributed by atoms with Gasteiger partial charge in [0.1, 0.15) is 5.76 Å². The van der Waals surface area contributed by atoms with Crippen molar-refractivity contribution in [2.45, 2.75) is 25.9 Å². The van der Waals surface area contributed by atoms with Crippen molar-refractivity contribution in [3.05, 3.63) is 54.0 Å². The molecule has 0 unspecified atom stereocenters. The first-order chi connectivity index (χ1) is 13.8. The van der Waals surface area contributed by atoms with Crippen molar-refractivity contribution >= 4 is 11.6 Å². The van der Waals surface area contributed by atoms with Crippen LogP contribution in [-0.2, 0) is 22.6 Å². The van der Waals surface area contributed by atoms with Gasteiger partial charge in [0.2, 0.25) is 5.91 Å². The highest BCUT2D eigenvalue weighted by atomic mass is 16.5. The Morgan fingerprint density at radius 2 is 1.71 bits per heavy atom. The lowest BCUT2D eigenvalue weighted by Gasteiger charge is -2.31. The number of para-hydroxylation sites is 1. The van der Waals surface area contributed by atoms with Gasteiger partial charge in [0.25, 0.3) is 0 Å². The number of nitrogens with one attached hydrogen (secondary N) is 1. The lowest BCUT2D eigenvalue weighted by molar-refractivity contribution is -0.121. The summed E-state index contributed by atoms with van der Waals surface area (Å²) in [6.45, 7) is 6.97. The molecule has 28 heavy (non-hydrogen) atoms. The van der Waals surface area contributed by atoms with E-state index in [1.54, 1.807) is 6.26 Å². The molecule has 0 saturated carbocycles. The van der Waals surface area contributed by atoms with Gasteiger partial charge in [-0.05, 0) is 49.7 Å². The van der Waals surface area contributed by atoms with E-state index in [0.717, 1.165) is 76.8 Å². The maximum absolute atomic E-state index is 12.9. The molecule has 1 N–H and O–H groups in total. The molecule has 2 saturated heterocycles. The van der Waals surface area contributed by atoms with Gasteiger partial charge in [0.15, 0.2) is 0 Å². The Bertz CT molecular complexity index is 748. The summed E-state index contributed by atoms with van der Waals surface area (Å²) in [5.74, 6) is 1.20. The molecule has 4 rings (SSSR count). The predicted octanol–water partition coefficient (Wildman–Crippen LogP) is 2.96. The average molecular weight is 383 g/mol. The van der Waals surface area contributed by atoms with Gasteiger partial charge in [-0.1, -0.05) is 18.2 Å². The van der Waals surface area contributed by atoms with E-state index >= 15 is 0 Å². The Hall–Kier alpha value is -2.15. The number of hydrogen-bond donors (Lipinski definition) is 1. The zero-order chi connectivity index (χ0) is 19.2. The maximum Gasteiger partial charge on any atom is 0.227 e. The monoisotopic (exact) mass is 383 g/mol. The maximum atomic E-state index is 12.9. The lowest BCUT2D eigenvalue weighted by Crippen LogP contribution is -2.38. The zero-order valence-corrected chi connectivity index (χ0v) is 16.3. The van der Waals surface area contributed by atoms with E-state index in [1.807, 2.05) is 30.3 Å². The van der Waals surface area contributed by atoms with E-state index in [-0.39, 0.29) is 11.8 Å². The van der Waals surface area contributed by atoms with E-state index in [0.29, 0.717) is 0 Å². The lowest BCUT2D eigenvalue weighted by atomic mass is 9.95. The minimum atomic E-state index is 0.0734. The molecule has 0 radical (unpaired) electrons. The third kappa shape index (κ3) is 5.01. The molecule has 6 nitrogen and oxygen atoms in total. The summed E-state index contributed by atoms with van der Waals surface area (Å²) >= 11 is 0. The standard InChI is InChI=1S/C22H29N3O3/c26-22(18-7-9-24(10-8-18)17-20-5-3-13-28-20)23-21-6-2-1-4-19(21)16-25-11-14-27-15-12-25/h1-6,13,18H,7-12,14-17H2,(H,23,26). The number of amides is 1. The highest BCUT2D eigenvalue weighted by molar-refractivity contribution is 5.93. The highest BCUT2D eigenvalue weighted by Gasteiger charge is 2.26. The quantitative estimate of drug-likeness (QED) is 0.831. The van der Waals surface area contributed by atoms with Crippen LogP contribution in [-0.4, -0.2) is 55.1 Å². The fourth-order valence-corrected chi connectivity index (χ4v) is 3.99. The van der Waals surface area contributed by atoms with Gasteiger partial charge in [-0.15, -0.1) is 0 Å². The van der Waals surface area contributed by atoms with Gasteiger partial charge in [-0.2, -0.15) is 0 Å². The number of nitrogens with zero attached hydrogens (tertiary/aromatic N) is 2. The Labute approximate surface area is 166 Å². The smallest absolute Gasteiger partial charge is 0.227 e. The normalized spacial score (nSPS) is 19.6. The summed E-state index contributed by atoms with van der Waals surface area (Å²) in [5, 5.41) is 3.20. The van der Waals surface area contributed by atoms with Crippen LogP contribution < -0.4 is 5.32 Å². The van der Waals surface area contributed by atoms with Gasteiger partial charge >= 0.3 is 0 Å². The van der Waals surface area contributed by atoms with Crippen LogP contribution in [0.1, 0.15) is 24.2 Å². The van der Waals surface area contributed by atoms with Crippen LogP contribution in [0.5, 0.6) is 0 Å². The minimum absolute atomic E-state index is 0.0734. The van der Waals surface area contributed by atoms with Crippen LogP contribution in [0.4, 0.5) is 5.69 Å². The van der Waals surface area contributed by atoms with Gasteiger partial charge in [-0.3, -0.25) is 14.6 Å². The molecule has 2 aliphatic heterocycles. The molecule has 0 aliphatic carbocycles. The fraction of sp³-hybridized carbons (Fsp3) is 0.500. The molecule has 1 amide bonds. The third-order valence-electron chi connectivity index (χ3n) is 5.69. The Morgan fingerprint density at radius 3 is 2.46 bits per heavy atom. The first-order valence-corrected chi connectivity index (χ1v) is 10.2. The third-order valence-corrected chi connectivity index (χ3v) is 5.69. The molecule has 0 atom stereocenters. The molecule has 1 aromatic heterocycles. The van der Waals surface area contributed by atoms with Crippen molar-refractivity contribution in [3.63, 3.8) is 0 Å². The fourth-order valence-electron chi connectivity index (χ4n) is 3.99. The van der Waals surface area contributed by atoms with E-state index in [4.69, 9.17) is 9.15 Å². The first kappa shape index (κ1) is 19.2. The number of rotatable bonds is 6. The molecule has 2 aliphatic rings. The number of ether oxygens (including phenoxy) is 1. The number of hydrogen-bond acceptors (Lipinski definition) is 5. The summed E-state index contributed by atoms with van der Waals surface area (Å²) in [4.78, 5) is 17.6. The molecule has 0 spiro atoms. The van der Waals surface area contributed by atoms with E-state index in [9.17, 15) is 4.79 Å². The second-order valence-electron chi connectivity index (χ2n) is 7.66. The van der Waals surface area contributed by atoms with Crippen LogP contribution in [0.2, 0.25) is 0 Å². The summed E-state index contributed by atoms with van der Waals surface area (Å²) in [6, 6.07) is 12.1. The summed E-state index contributed by atoms with van der Waals surface area (Å²) < 4.78 is 10.9. The van der Waals surface area contributed by atoms with Crippen LogP contribution in [0.3, 0.4) is 0 Å². The van der Waals surface area contributed by atoms with Crippen LogP contribution in [0, 0.1) is 5.92 Å². The van der Waals surface area contributed by atoms with Gasteiger partial charge in [0.05, 0.1) is 26.0 Å². The van der Waals surface area contributed by atoms with Gasteiger partial charge in [-0.25, -0.2) is 0 Å². The molecular formula is C22H29N3O3. The predicted molar refractivity (Wildman–Crippen MR) is 108 cm³/mol. The Morgan fingerprint density at radius 1 is 0.964 bits per heavy atom. The second kappa shape index (κ2) is 9.37. The molecule has 3 heterocycles. The van der Waals surface area contributed by atoms with Crippen LogP contribution in [0.15, 0.2) is 47.1 Å². The van der Waals surface area contributed by atoms with Crippen molar-refractivity contribution in [1.82, 2.24) is 9.80 Å². The molecule has 150 valence electrons. The van der Waals surface area contributed by atoms with Crippen molar-refractivity contribution in [1.29, 1.82) is 0 Å². The molecule has 6 heteroatoms. The number of benzene rings is 1. The minimum Gasteiger partial charge on any atom is -0.468 e. The van der Waals surface area contributed by atoms with Gasteiger partial charge in [0, 0.05) is 31.2 Å². The number of likely N-dealkylation sites (tertiary alicyclic amines) is 1. The molecule has 0 bridgehead atoms. The van der Waals surface area contributed by atoms with E-state index < -0.39 is 0 Å². The zero-order valence-electron chi connectivity index (χ0n) is 16.3. The first-order valence-electron chi connectivity index (χ1n) is 10.2. The molecule has 2 aromatic rings. The second-order valence-corrected chi connectivity index (χ2v) is 7.66. The number of anilines is 1. The summed E-state index contributed by atoms with van der Waals surface area (Å²) in [7, 11) is 0.